The summed E-state index contributed by atoms with van der Waals surface area (Å²) in [5.41, 5.74) is 4.01. The van der Waals surface area contributed by atoms with E-state index in [0.29, 0.717) is 18.6 Å². The van der Waals surface area contributed by atoms with Gasteiger partial charge in [-0.25, -0.2) is 4.39 Å². The van der Waals surface area contributed by atoms with Crippen LogP contribution in [0.15, 0.2) is 12.1 Å². The van der Waals surface area contributed by atoms with E-state index in [4.69, 9.17) is 5.73 Å². The van der Waals surface area contributed by atoms with Gasteiger partial charge in [0.2, 0.25) is 11.7 Å². The Morgan fingerprint density at radius 3 is 2.58 bits per heavy atom. The maximum Gasteiger partial charge on any atom is 0.307 e. The molecular formula is C11H13F2N3O3. The Balaban J connectivity index is 3.04. The number of carbonyl (C=O) groups excluding carboxylic acids is 1. The monoisotopic (exact) mass is 273 g/mol. The number of anilines is 1. The van der Waals surface area contributed by atoms with Gasteiger partial charge in [0.25, 0.3) is 0 Å². The van der Waals surface area contributed by atoms with Crippen molar-refractivity contribution in [1.29, 1.82) is 0 Å². The van der Waals surface area contributed by atoms with Crippen LogP contribution >= 0.6 is 0 Å². The lowest BCUT2D eigenvalue weighted by atomic mass is 10.1. The second kappa shape index (κ2) is 6.19. The lowest BCUT2D eigenvalue weighted by molar-refractivity contribution is -0.387. The fraction of sp³-hybridized carbons (Fsp3) is 0.364. The lowest BCUT2D eigenvalue weighted by Crippen LogP contribution is -2.29. The number of nitro benzene ring substituents is 1. The first-order chi connectivity index (χ1) is 8.90. The Hall–Kier alpha value is -2.09. The molecule has 0 aliphatic rings. The van der Waals surface area contributed by atoms with E-state index in [1.807, 2.05) is 0 Å². The summed E-state index contributed by atoms with van der Waals surface area (Å²) in [6.07, 6.45) is 0.438. The maximum absolute atomic E-state index is 13.4. The van der Waals surface area contributed by atoms with E-state index in [1.54, 1.807) is 6.92 Å². The highest BCUT2D eigenvalue weighted by molar-refractivity contribution is 5.93. The Bertz CT molecular complexity index is 504. The molecule has 0 heterocycles. The third-order valence-corrected chi connectivity index (χ3v) is 2.64. The van der Waals surface area contributed by atoms with Gasteiger partial charge in [-0.05, 0) is 6.42 Å². The van der Waals surface area contributed by atoms with Crippen molar-refractivity contribution in [2.24, 2.45) is 11.7 Å². The number of hydrogen-bond donors (Lipinski definition) is 2. The predicted molar refractivity (Wildman–Crippen MR) is 64.5 cm³/mol. The molecule has 1 amide bonds. The van der Waals surface area contributed by atoms with Crippen molar-refractivity contribution < 1.29 is 18.5 Å². The molecule has 1 aromatic rings. The minimum Gasteiger partial charge on any atom is -0.330 e. The number of hydrogen-bond acceptors (Lipinski definition) is 4. The van der Waals surface area contributed by atoms with Gasteiger partial charge in [0.15, 0.2) is 0 Å². The highest BCUT2D eigenvalue weighted by Gasteiger charge is 2.21. The van der Waals surface area contributed by atoms with Crippen LogP contribution in [0.25, 0.3) is 0 Å². The topological polar surface area (TPSA) is 98.3 Å². The average Bonchev–Trinajstić information content (AvgIpc) is 2.33. The van der Waals surface area contributed by atoms with Gasteiger partial charge >= 0.3 is 5.69 Å². The van der Waals surface area contributed by atoms with E-state index in [2.05, 4.69) is 5.32 Å². The number of nitrogens with two attached hydrogens (primary N) is 1. The summed E-state index contributed by atoms with van der Waals surface area (Å²) in [6.45, 7) is 1.79. The molecule has 6 nitrogen and oxygen atoms in total. The van der Waals surface area contributed by atoms with Crippen molar-refractivity contribution in [1.82, 2.24) is 0 Å². The smallest absolute Gasteiger partial charge is 0.307 e. The van der Waals surface area contributed by atoms with Crippen LogP contribution in [0.1, 0.15) is 13.3 Å². The van der Waals surface area contributed by atoms with Gasteiger partial charge in [-0.2, -0.15) is 4.39 Å². The van der Waals surface area contributed by atoms with Gasteiger partial charge in [-0.3, -0.25) is 14.9 Å². The third kappa shape index (κ3) is 3.44. The van der Waals surface area contributed by atoms with Crippen LogP contribution in [-0.2, 0) is 4.79 Å². The molecule has 8 heteroatoms. The van der Waals surface area contributed by atoms with Crippen molar-refractivity contribution in [2.75, 3.05) is 11.9 Å². The van der Waals surface area contributed by atoms with Crippen LogP contribution < -0.4 is 11.1 Å². The number of rotatable bonds is 5. The highest BCUT2D eigenvalue weighted by Crippen LogP contribution is 2.25. The number of amides is 1. The number of carbonyl (C=O) groups is 1. The molecule has 0 aliphatic heterocycles. The second-order valence-electron chi connectivity index (χ2n) is 3.87. The Morgan fingerprint density at radius 1 is 1.47 bits per heavy atom. The molecule has 0 saturated carbocycles. The molecule has 3 N–H and O–H groups in total. The van der Waals surface area contributed by atoms with Gasteiger partial charge < -0.3 is 11.1 Å². The molecule has 0 bridgehead atoms. The third-order valence-electron chi connectivity index (χ3n) is 2.64. The van der Waals surface area contributed by atoms with Crippen LogP contribution in [0.2, 0.25) is 0 Å². The van der Waals surface area contributed by atoms with Gasteiger partial charge in [0.1, 0.15) is 5.82 Å². The second-order valence-corrected chi connectivity index (χ2v) is 3.87. The molecule has 0 radical (unpaired) electrons. The van der Waals surface area contributed by atoms with Crippen LogP contribution in [-0.4, -0.2) is 17.4 Å². The summed E-state index contributed by atoms with van der Waals surface area (Å²) in [7, 11) is 0. The molecule has 1 rings (SSSR count). The van der Waals surface area contributed by atoms with Crippen molar-refractivity contribution in [3.05, 3.63) is 33.9 Å². The molecular weight excluding hydrogens is 260 g/mol. The van der Waals surface area contributed by atoms with E-state index in [-0.39, 0.29) is 6.54 Å². The fourth-order valence-corrected chi connectivity index (χ4v) is 1.47. The van der Waals surface area contributed by atoms with Crippen molar-refractivity contribution in [3.8, 4) is 0 Å². The van der Waals surface area contributed by atoms with E-state index in [0.717, 1.165) is 0 Å². The normalized spacial score (nSPS) is 12.0. The summed E-state index contributed by atoms with van der Waals surface area (Å²) in [4.78, 5) is 21.2. The molecule has 0 aromatic heterocycles. The van der Waals surface area contributed by atoms with Crippen LogP contribution in [0, 0.1) is 27.7 Å². The molecule has 104 valence electrons. The standard InChI is InChI=1S/C11H13F2N3O3/c1-2-6(5-14)11(17)15-9-4-10(16(18)19)8(13)3-7(9)12/h3-4,6H,2,5,14H2,1H3,(H,15,17). The molecule has 0 fully saturated rings. The van der Waals surface area contributed by atoms with Crippen molar-refractivity contribution in [2.45, 2.75) is 13.3 Å². The Labute approximate surface area is 107 Å². The van der Waals surface area contributed by atoms with Crippen LogP contribution in [0.3, 0.4) is 0 Å². The summed E-state index contributed by atoms with van der Waals surface area (Å²) >= 11 is 0. The van der Waals surface area contributed by atoms with Gasteiger partial charge in [-0.1, -0.05) is 6.92 Å². The molecule has 1 unspecified atom stereocenters. The number of benzene rings is 1. The van der Waals surface area contributed by atoms with Crippen molar-refractivity contribution in [3.63, 3.8) is 0 Å². The largest absolute Gasteiger partial charge is 0.330 e. The zero-order valence-corrected chi connectivity index (χ0v) is 10.2. The molecule has 0 spiro atoms. The first-order valence-electron chi connectivity index (χ1n) is 5.55. The first kappa shape index (κ1) is 15.0. The minimum atomic E-state index is -1.30. The van der Waals surface area contributed by atoms with Crippen LogP contribution in [0.4, 0.5) is 20.2 Å². The summed E-state index contributed by atoms with van der Waals surface area (Å²) < 4.78 is 26.5. The number of nitro groups is 1. The number of halogens is 2. The van der Waals surface area contributed by atoms with E-state index < -0.39 is 39.8 Å². The highest BCUT2D eigenvalue weighted by atomic mass is 19.1. The molecule has 0 aliphatic carbocycles. The molecule has 1 atom stereocenters. The van der Waals surface area contributed by atoms with Crippen molar-refractivity contribution >= 4 is 17.3 Å². The van der Waals surface area contributed by atoms with Gasteiger partial charge in [0.05, 0.1) is 16.5 Å². The summed E-state index contributed by atoms with van der Waals surface area (Å²) in [5, 5.41) is 12.7. The van der Waals surface area contributed by atoms with E-state index >= 15 is 0 Å². The van der Waals surface area contributed by atoms with Gasteiger partial charge in [-0.15, -0.1) is 0 Å². The Kier molecular flexibility index (Phi) is 4.87. The molecule has 1 aromatic carbocycles. The fourth-order valence-electron chi connectivity index (χ4n) is 1.47. The predicted octanol–water partition coefficient (Wildman–Crippen LogP) is 1.80. The average molecular weight is 273 g/mol. The molecule has 0 saturated heterocycles. The number of nitrogens with one attached hydrogen (secondary N) is 1. The zero-order valence-electron chi connectivity index (χ0n) is 10.2. The van der Waals surface area contributed by atoms with E-state index in [1.165, 1.54) is 0 Å². The Morgan fingerprint density at radius 2 is 2.11 bits per heavy atom. The summed E-state index contributed by atoms with van der Waals surface area (Å²) in [5.74, 6) is -3.48. The summed E-state index contributed by atoms with van der Waals surface area (Å²) in [6, 6.07) is 1.00. The number of nitrogens with zero attached hydrogens (tertiary/aromatic N) is 1. The SMILES string of the molecule is CCC(CN)C(=O)Nc1cc([N+](=O)[O-])c(F)cc1F. The van der Waals surface area contributed by atoms with Gasteiger partial charge in [0, 0.05) is 18.7 Å². The van der Waals surface area contributed by atoms with E-state index in [9.17, 15) is 23.7 Å². The first-order valence-corrected chi connectivity index (χ1v) is 5.55. The lowest BCUT2D eigenvalue weighted by Gasteiger charge is -2.13. The van der Waals surface area contributed by atoms with Crippen LogP contribution in [0.5, 0.6) is 0 Å². The zero-order chi connectivity index (χ0) is 14.6. The minimum absolute atomic E-state index is 0.0627. The molecule has 19 heavy (non-hydrogen) atoms. The maximum atomic E-state index is 13.4. The quantitative estimate of drug-likeness (QED) is 0.631.